The number of nitrogens with zero attached hydrogens (tertiary/aromatic N) is 4. The number of sulfonamides is 1. The zero-order valence-corrected chi connectivity index (χ0v) is 18.6. The number of aryl methyl sites for hydroxylation is 2. The van der Waals surface area contributed by atoms with Crippen molar-refractivity contribution in [1.29, 1.82) is 0 Å². The molecule has 1 aliphatic rings. The zero-order valence-electron chi connectivity index (χ0n) is 17.8. The molecule has 164 valence electrons. The third kappa shape index (κ3) is 4.57. The lowest BCUT2D eigenvalue weighted by molar-refractivity contribution is 0.101. The zero-order chi connectivity index (χ0) is 22.0. The van der Waals surface area contributed by atoms with Crippen molar-refractivity contribution in [1.82, 2.24) is 18.7 Å². The highest BCUT2D eigenvalue weighted by atomic mass is 32.2. The lowest BCUT2D eigenvalue weighted by Gasteiger charge is -2.25. The second-order valence-corrected chi connectivity index (χ2v) is 9.89. The van der Waals surface area contributed by atoms with Crippen LogP contribution in [0, 0.1) is 6.92 Å². The van der Waals surface area contributed by atoms with Gasteiger partial charge >= 0.3 is 0 Å². The molecule has 0 saturated carbocycles. The molecule has 0 bridgehead atoms. The van der Waals surface area contributed by atoms with Crippen LogP contribution >= 0.6 is 0 Å². The van der Waals surface area contributed by atoms with Crippen LogP contribution in [0.4, 0.5) is 5.82 Å². The molecule has 4 rings (SSSR count). The van der Waals surface area contributed by atoms with Gasteiger partial charge in [-0.1, -0.05) is 36.2 Å². The fourth-order valence-corrected chi connectivity index (χ4v) is 5.47. The van der Waals surface area contributed by atoms with Gasteiger partial charge in [0.25, 0.3) is 5.91 Å². The molecule has 0 atom stereocenters. The van der Waals surface area contributed by atoms with Gasteiger partial charge in [0, 0.05) is 32.4 Å². The van der Waals surface area contributed by atoms with Crippen LogP contribution in [0.15, 0.2) is 53.7 Å². The summed E-state index contributed by atoms with van der Waals surface area (Å²) in [5.74, 6) is 0.168. The summed E-state index contributed by atoms with van der Waals surface area (Å²) in [7, 11) is -1.92. The SMILES string of the molecule is Cc1cccc(Cn2nccc2NC(=O)c2cc(S(=O)(=O)N3CCCCC3)cn2C)c1. The van der Waals surface area contributed by atoms with Crippen molar-refractivity contribution in [3.63, 3.8) is 0 Å². The molecule has 0 radical (unpaired) electrons. The van der Waals surface area contributed by atoms with E-state index in [1.807, 2.05) is 25.1 Å². The molecular weight excluding hydrogens is 414 g/mol. The maximum absolute atomic E-state index is 12.9. The Labute approximate surface area is 182 Å². The highest BCUT2D eigenvalue weighted by Gasteiger charge is 2.28. The monoisotopic (exact) mass is 441 g/mol. The van der Waals surface area contributed by atoms with Crippen molar-refractivity contribution in [2.75, 3.05) is 18.4 Å². The van der Waals surface area contributed by atoms with E-state index in [0.717, 1.165) is 30.4 Å². The molecule has 1 aromatic carbocycles. The Balaban J connectivity index is 1.52. The normalized spacial score (nSPS) is 15.2. The van der Waals surface area contributed by atoms with Gasteiger partial charge in [0.05, 0.1) is 12.7 Å². The minimum absolute atomic E-state index is 0.148. The van der Waals surface area contributed by atoms with E-state index in [9.17, 15) is 13.2 Å². The molecule has 0 spiro atoms. The van der Waals surface area contributed by atoms with Gasteiger partial charge in [-0.05, 0) is 31.4 Å². The number of amides is 1. The molecule has 1 N–H and O–H groups in total. The topological polar surface area (TPSA) is 89.2 Å². The summed E-state index contributed by atoms with van der Waals surface area (Å²) in [6.07, 6.45) is 5.91. The number of hydrogen-bond acceptors (Lipinski definition) is 4. The summed E-state index contributed by atoms with van der Waals surface area (Å²) in [5.41, 5.74) is 2.51. The Kier molecular flexibility index (Phi) is 5.97. The van der Waals surface area contributed by atoms with E-state index in [4.69, 9.17) is 0 Å². The lowest BCUT2D eigenvalue weighted by atomic mass is 10.1. The van der Waals surface area contributed by atoms with Crippen molar-refractivity contribution < 1.29 is 13.2 Å². The van der Waals surface area contributed by atoms with E-state index in [1.165, 1.54) is 16.6 Å². The predicted molar refractivity (Wildman–Crippen MR) is 118 cm³/mol. The van der Waals surface area contributed by atoms with Crippen molar-refractivity contribution in [3.8, 4) is 0 Å². The Hall–Kier alpha value is -2.91. The molecule has 1 amide bonds. The second kappa shape index (κ2) is 8.68. The first-order valence-electron chi connectivity index (χ1n) is 10.4. The van der Waals surface area contributed by atoms with E-state index in [-0.39, 0.29) is 16.5 Å². The molecule has 9 heteroatoms. The quantitative estimate of drug-likeness (QED) is 0.637. The van der Waals surface area contributed by atoms with Gasteiger partial charge in [0.15, 0.2) is 0 Å². The van der Waals surface area contributed by atoms with Crippen LogP contribution in [0.1, 0.15) is 40.9 Å². The number of carbonyl (C=O) groups is 1. The van der Waals surface area contributed by atoms with Gasteiger partial charge in [-0.15, -0.1) is 0 Å². The van der Waals surface area contributed by atoms with Crippen LogP contribution in [-0.4, -0.2) is 46.1 Å². The lowest BCUT2D eigenvalue weighted by Crippen LogP contribution is -2.35. The van der Waals surface area contributed by atoms with Crippen LogP contribution < -0.4 is 5.32 Å². The van der Waals surface area contributed by atoms with E-state index in [2.05, 4.69) is 16.5 Å². The van der Waals surface area contributed by atoms with Crippen molar-refractivity contribution >= 4 is 21.7 Å². The molecular formula is C22H27N5O3S. The largest absolute Gasteiger partial charge is 0.345 e. The van der Waals surface area contributed by atoms with Crippen LogP contribution in [-0.2, 0) is 23.6 Å². The molecule has 8 nitrogen and oxygen atoms in total. The molecule has 0 unspecified atom stereocenters. The average molecular weight is 442 g/mol. The number of aromatic nitrogens is 3. The summed E-state index contributed by atoms with van der Waals surface area (Å²) in [5, 5.41) is 7.17. The number of anilines is 1. The molecule has 3 aromatic rings. The third-order valence-electron chi connectivity index (χ3n) is 5.54. The van der Waals surface area contributed by atoms with Gasteiger partial charge in [-0.3, -0.25) is 4.79 Å². The number of hydrogen-bond donors (Lipinski definition) is 1. The maximum atomic E-state index is 12.9. The Bertz CT molecular complexity index is 1190. The maximum Gasteiger partial charge on any atom is 0.273 e. The first-order valence-corrected chi connectivity index (χ1v) is 11.8. The highest BCUT2D eigenvalue weighted by molar-refractivity contribution is 7.89. The minimum atomic E-state index is -3.60. The molecule has 31 heavy (non-hydrogen) atoms. The average Bonchev–Trinajstić information content (AvgIpc) is 3.35. The first-order chi connectivity index (χ1) is 14.8. The molecule has 1 saturated heterocycles. The van der Waals surface area contributed by atoms with Crippen molar-refractivity contribution in [2.24, 2.45) is 7.05 Å². The van der Waals surface area contributed by atoms with Gasteiger partial charge < -0.3 is 9.88 Å². The standard InChI is InChI=1S/C22H27N5O3S/c1-17-7-6-8-18(13-17)15-27-21(9-10-23-27)24-22(28)20-14-19(16-25(20)2)31(29,30)26-11-4-3-5-12-26/h6-10,13-14,16H,3-5,11-12,15H2,1-2H3,(H,24,28). The van der Waals surface area contributed by atoms with Gasteiger partial charge in [0.2, 0.25) is 10.0 Å². The molecule has 0 aliphatic carbocycles. The highest BCUT2D eigenvalue weighted by Crippen LogP contribution is 2.23. The van der Waals surface area contributed by atoms with E-state index in [1.54, 1.807) is 28.6 Å². The fraction of sp³-hybridized carbons (Fsp3) is 0.364. The number of rotatable bonds is 6. The van der Waals surface area contributed by atoms with Crippen LogP contribution in [0.3, 0.4) is 0 Å². The van der Waals surface area contributed by atoms with E-state index >= 15 is 0 Å². The molecule has 1 aliphatic heterocycles. The third-order valence-corrected chi connectivity index (χ3v) is 7.40. The number of piperidine rings is 1. The Morgan fingerprint density at radius 3 is 2.65 bits per heavy atom. The summed E-state index contributed by atoms with van der Waals surface area (Å²) in [6, 6.07) is 11.3. The fourth-order valence-electron chi connectivity index (χ4n) is 3.88. The van der Waals surface area contributed by atoms with Crippen LogP contribution in [0.5, 0.6) is 0 Å². The van der Waals surface area contributed by atoms with E-state index < -0.39 is 10.0 Å². The number of nitrogens with one attached hydrogen (secondary N) is 1. The summed E-state index contributed by atoms with van der Waals surface area (Å²) in [6.45, 7) is 3.60. The number of carbonyl (C=O) groups excluding carboxylic acids is 1. The van der Waals surface area contributed by atoms with Crippen LogP contribution in [0.2, 0.25) is 0 Å². The smallest absolute Gasteiger partial charge is 0.273 e. The summed E-state index contributed by atoms with van der Waals surface area (Å²) < 4.78 is 30.7. The molecule has 1 fully saturated rings. The molecule has 2 aromatic heterocycles. The second-order valence-electron chi connectivity index (χ2n) is 7.95. The Morgan fingerprint density at radius 2 is 1.90 bits per heavy atom. The minimum Gasteiger partial charge on any atom is -0.345 e. The summed E-state index contributed by atoms with van der Waals surface area (Å²) >= 11 is 0. The van der Waals surface area contributed by atoms with Gasteiger partial charge in [0.1, 0.15) is 16.4 Å². The van der Waals surface area contributed by atoms with Gasteiger partial charge in [-0.25, -0.2) is 13.1 Å². The van der Waals surface area contributed by atoms with Crippen molar-refractivity contribution in [3.05, 3.63) is 65.6 Å². The number of benzene rings is 1. The van der Waals surface area contributed by atoms with Crippen molar-refractivity contribution in [2.45, 2.75) is 37.6 Å². The molecule has 3 heterocycles. The first kappa shape index (κ1) is 21.3. The predicted octanol–water partition coefficient (Wildman–Crippen LogP) is 3.01. The van der Waals surface area contributed by atoms with E-state index in [0.29, 0.717) is 25.5 Å². The van der Waals surface area contributed by atoms with Crippen LogP contribution in [0.25, 0.3) is 0 Å². The van der Waals surface area contributed by atoms with Gasteiger partial charge in [-0.2, -0.15) is 9.40 Å². The Morgan fingerprint density at radius 1 is 1.13 bits per heavy atom. The summed E-state index contributed by atoms with van der Waals surface area (Å²) in [4.78, 5) is 13.1.